The largest absolute Gasteiger partial charge is 0.289 e. The molecule has 3 nitrogen and oxygen atoms in total. The smallest absolute Gasteiger partial charge is 0.202 e. The summed E-state index contributed by atoms with van der Waals surface area (Å²) in [5.41, 5.74) is 0.759. The molecule has 0 heterocycles. The molecule has 0 bridgehead atoms. The Hall–Kier alpha value is -1.55. The molecule has 0 fully saturated rings. The Morgan fingerprint density at radius 2 is 1.76 bits per heavy atom. The van der Waals surface area contributed by atoms with E-state index in [9.17, 15) is 13.8 Å². The number of hydrogen-bond acceptors (Lipinski definition) is 3. The molecule has 2 rings (SSSR count). The highest BCUT2D eigenvalue weighted by atomic mass is 32.2. The van der Waals surface area contributed by atoms with Crippen LogP contribution in [-0.4, -0.2) is 21.5 Å². The molecule has 1 atom stereocenters. The van der Waals surface area contributed by atoms with E-state index in [1.807, 2.05) is 6.92 Å². The topological polar surface area (TPSA) is 51.2 Å². The van der Waals surface area contributed by atoms with Gasteiger partial charge in [0.1, 0.15) is 0 Å². The van der Waals surface area contributed by atoms with E-state index in [0.717, 1.165) is 0 Å². The molecule has 1 aromatic carbocycles. The normalized spacial score (nSPS) is 16.4. The highest BCUT2D eigenvalue weighted by Gasteiger charge is 2.27. The first-order chi connectivity index (χ1) is 8.15. The quantitative estimate of drug-likeness (QED) is 0.823. The van der Waals surface area contributed by atoms with E-state index in [4.69, 9.17) is 0 Å². The molecule has 0 amide bonds. The maximum absolute atomic E-state index is 12.1. The van der Waals surface area contributed by atoms with Gasteiger partial charge in [0.2, 0.25) is 5.78 Å². The number of carbonyl (C=O) groups excluding carboxylic acids is 2. The van der Waals surface area contributed by atoms with Gasteiger partial charge < -0.3 is 0 Å². The lowest BCUT2D eigenvalue weighted by Gasteiger charge is -2.13. The van der Waals surface area contributed by atoms with Crippen LogP contribution in [0.5, 0.6) is 0 Å². The molecule has 4 heteroatoms. The minimum absolute atomic E-state index is 0.135. The SMILES string of the molecule is CCCS(=O)C1=CC(=O)c2ccccc2C1=O. The third-order valence-corrected chi connectivity index (χ3v) is 4.13. The lowest BCUT2D eigenvalue weighted by atomic mass is 9.95. The Balaban J connectivity index is 2.45. The molecule has 1 aliphatic carbocycles. The number of allylic oxidation sites excluding steroid dienone is 2. The number of ketones is 2. The van der Waals surface area contributed by atoms with E-state index in [1.165, 1.54) is 6.08 Å². The first-order valence-electron chi connectivity index (χ1n) is 5.43. The summed E-state index contributed by atoms with van der Waals surface area (Å²) in [6.45, 7) is 1.89. The van der Waals surface area contributed by atoms with Crippen LogP contribution in [0.1, 0.15) is 34.1 Å². The van der Waals surface area contributed by atoms with Gasteiger partial charge in [-0.1, -0.05) is 31.2 Å². The van der Waals surface area contributed by atoms with E-state index >= 15 is 0 Å². The van der Waals surface area contributed by atoms with Gasteiger partial charge in [-0.2, -0.15) is 0 Å². The van der Waals surface area contributed by atoms with Gasteiger partial charge >= 0.3 is 0 Å². The standard InChI is InChI=1S/C13H12O3S/c1-2-7-17(16)12-8-11(14)9-5-3-4-6-10(9)13(12)15/h3-6,8H,2,7H2,1H3. The second-order valence-electron chi connectivity index (χ2n) is 3.80. The molecular weight excluding hydrogens is 236 g/mol. The van der Waals surface area contributed by atoms with Crippen molar-refractivity contribution in [2.45, 2.75) is 13.3 Å². The summed E-state index contributed by atoms with van der Waals surface area (Å²) in [5, 5.41) is 0. The van der Waals surface area contributed by atoms with Gasteiger partial charge in [0.05, 0.1) is 15.7 Å². The van der Waals surface area contributed by atoms with Gasteiger partial charge in [0, 0.05) is 23.0 Å². The molecule has 1 aromatic rings. The predicted molar refractivity (Wildman–Crippen MR) is 66.5 cm³/mol. The summed E-state index contributed by atoms with van der Waals surface area (Å²) in [7, 11) is -1.37. The van der Waals surface area contributed by atoms with Crippen LogP contribution in [0.2, 0.25) is 0 Å². The fourth-order valence-corrected chi connectivity index (χ4v) is 2.90. The molecule has 0 aliphatic heterocycles. The molecule has 0 N–H and O–H groups in total. The summed E-state index contributed by atoms with van der Waals surface area (Å²) >= 11 is 0. The van der Waals surface area contributed by atoms with Gasteiger partial charge in [0.15, 0.2) is 5.78 Å². The first-order valence-corrected chi connectivity index (χ1v) is 6.75. The van der Waals surface area contributed by atoms with Crippen LogP contribution in [0.15, 0.2) is 35.2 Å². The molecule has 0 spiro atoms. The Kier molecular flexibility index (Phi) is 3.33. The third-order valence-electron chi connectivity index (χ3n) is 2.56. The average Bonchev–Trinajstić information content (AvgIpc) is 2.34. The van der Waals surface area contributed by atoms with E-state index < -0.39 is 10.8 Å². The second-order valence-corrected chi connectivity index (χ2v) is 5.34. The van der Waals surface area contributed by atoms with Crippen LogP contribution in [0.4, 0.5) is 0 Å². The molecule has 0 radical (unpaired) electrons. The Morgan fingerprint density at radius 3 is 2.41 bits per heavy atom. The van der Waals surface area contributed by atoms with Crippen molar-refractivity contribution >= 4 is 22.4 Å². The maximum atomic E-state index is 12.1. The molecule has 88 valence electrons. The number of benzene rings is 1. The van der Waals surface area contributed by atoms with Crippen molar-refractivity contribution in [3.05, 3.63) is 46.4 Å². The summed E-state index contributed by atoms with van der Waals surface area (Å²) in [4.78, 5) is 24.0. The van der Waals surface area contributed by atoms with Crippen molar-refractivity contribution < 1.29 is 13.8 Å². The summed E-state index contributed by atoms with van der Waals surface area (Å²) in [6.07, 6.45) is 1.93. The van der Waals surface area contributed by atoms with Gasteiger partial charge in [-0.3, -0.25) is 13.8 Å². The monoisotopic (exact) mass is 248 g/mol. The maximum Gasteiger partial charge on any atom is 0.202 e. The molecule has 0 aromatic heterocycles. The zero-order valence-corrected chi connectivity index (χ0v) is 10.3. The van der Waals surface area contributed by atoms with E-state index in [0.29, 0.717) is 23.3 Å². The number of Topliss-reactive ketones (excluding diaryl/α,β-unsaturated/α-hetero) is 1. The second kappa shape index (κ2) is 4.75. The molecule has 1 unspecified atom stereocenters. The van der Waals surface area contributed by atoms with Crippen molar-refractivity contribution in [2.75, 3.05) is 5.75 Å². The van der Waals surface area contributed by atoms with Gasteiger partial charge in [-0.05, 0) is 6.42 Å². The van der Waals surface area contributed by atoms with Crippen LogP contribution < -0.4 is 0 Å². The molecule has 17 heavy (non-hydrogen) atoms. The van der Waals surface area contributed by atoms with Gasteiger partial charge in [0.25, 0.3) is 0 Å². The lowest BCUT2D eigenvalue weighted by molar-refractivity contribution is 0.0990. The van der Waals surface area contributed by atoms with Gasteiger partial charge in [-0.25, -0.2) is 0 Å². The van der Waals surface area contributed by atoms with Crippen molar-refractivity contribution in [2.24, 2.45) is 0 Å². The van der Waals surface area contributed by atoms with Crippen molar-refractivity contribution in [1.29, 1.82) is 0 Å². The number of carbonyl (C=O) groups is 2. The van der Waals surface area contributed by atoms with E-state index in [-0.39, 0.29) is 16.5 Å². The van der Waals surface area contributed by atoms with Crippen LogP contribution in [0, 0.1) is 0 Å². The van der Waals surface area contributed by atoms with Crippen LogP contribution in [0.3, 0.4) is 0 Å². The highest BCUT2D eigenvalue weighted by molar-refractivity contribution is 7.90. The molecular formula is C13H12O3S. The minimum Gasteiger partial charge on any atom is -0.289 e. The zero-order valence-electron chi connectivity index (χ0n) is 9.43. The first kappa shape index (κ1) is 11.9. The summed E-state index contributed by atoms with van der Waals surface area (Å²) < 4.78 is 11.8. The van der Waals surface area contributed by atoms with Crippen LogP contribution >= 0.6 is 0 Å². The molecule has 0 saturated carbocycles. The predicted octanol–water partition coefficient (Wildman–Crippen LogP) is 2.11. The number of fused-ring (bicyclic) bond motifs is 1. The Labute approximate surface area is 102 Å². The van der Waals surface area contributed by atoms with Crippen molar-refractivity contribution in [1.82, 2.24) is 0 Å². The van der Waals surface area contributed by atoms with E-state index in [2.05, 4.69) is 0 Å². The van der Waals surface area contributed by atoms with Gasteiger partial charge in [-0.15, -0.1) is 0 Å². The number of hydrogen-bond donors (Lipinski definition) is 0. The fourth-order valence-electron chi connectivity index (χ4n) is 1.76. The fraction of sp³-hybridized carbons (Fsp3) is 0.231. The minimum atomic E-state index is -1.37. The molecule has 1 aliphatic rings. The van der Waals surface area contributed by atoms with E-state index in [1.54, 1.807) is 24.3 Å². The van der Waals surface area contributed by atoms with Crippen LogP contribution in [0.25, 0.3) is 0 Å². The Morgan fingerprint density at radius 1 is 1.12 bits per heavy atom. The molecule has 0 saturated heterocycles. The lowest BCUT2D eigenvalue weighted by Crippen LogP contribution is -2.20. The summed E-state index contributed by atoms with van der Waals surface area (Å²) in [5.74, 6) is -0.112. The zero-order chi connectivity index (χ0) is 12.4. The third kappa shape index (κ3) is 2.13. The average molecular weight is 248 g/mol. The number of rotatable bonds is 3. The van der Waals surface area contributed by atoms with Crippen molar-refractivity contribution in [3.8, 4) is 0 Å². The summed E-state index contributed by atoms with van der Waals surface area (Å²) in [6, 6.07) is 6.64. The Bertz CT molecular complexity index is 543. The van der Waals surface area contributed by atoms with Crippen molar-refractivity contribution in [3.63, 3.8) is 0 Å². The highest BCUT2D eigenvalue weighted by Crippen LogP contribution is 2.23. The van der Waals surface area contributed by atoms with Crippen LogP contribution in [-0.2, 0) is 10.8 Å².